The van der Waals surface area contributed by atoms with Gasteiger partial charge >= 0.3 is 0 Å². The van der Waals surface area contributed by atoms with Gasteiger partial charge < -0.3 is 5.32 Å². The van der Waals surface area contributed by atoms with Gasteiger partial charge in [0.05, 0.1) is 0 Å². The highest BCUT2D eigenvalue weighted by atomic mass is 15.0. The Balaban J connectivity index is 2.55. The normalized spacial score (nSPS) is 38.2. The highest BCUT2D eigenvalue weighted by Gasteiger charge is 2.26. The van der Waals surface area contributed by atoms with E-state index in [-0.39, 0.29) is 0 Å². The van der Waals surface area contributed by atoms with Gasteiger partial charge in [0.1, 0.15) is 0 Å². The maximum atomic E-state index is 3.58. The zero-order valence-corrected chi connectivity index (χ0v) is 8.28. The van der Waals surface area contributed by atoms with Crippen LogP contribution >= 0.6 is 0 Å². The van der Waals surface area contributed by atoms with Crippen LogP contribution in [0.5, 0.6) is 0 Å². The summed E-state index contributed by atoms with van der Waals surface area (Å²) in [5, 5.41) is 3.58. The predicted molar refractivity (Wildman–Crippen MR) is 49.6 cm³/mol. The van der Waals surface area contributed by atoms with Crippen LogP contribution in [0.1, 0.15) is 40.5 Å². The highest BCUT2D eigenvalue weighted by molar-refractivity contribution is 4.84. The van der Waals surface area contributed by atoms with Crippen molar-refractivity contribution in [1.29, 1.82) is 0 Å². The van der Waals surface area contributed by atoms with Gasteiger partial charge in [0.15, 0.2) is 0 Å². The van der Waals surface area contributed by atoms with E-state index in [0.717, 1.165) is 11.8 Å². The van der Waals surface area contributed by atoms with E-state index >= 15 is 0 Å². The molecule has 0 bridgehead atoms. The van der Waals surface area contributed by atoms with E-state index in [1.54, 1.807) is 0 Å². The Kier molecular flexibility index (Phi) is 2.58. The van der Waals surface area contributed by atoms with Gasteiger partial charge in [-0.1, -0.05) is 13.8 Å². The molecule has 1 fully saturated rings. The second kappa shape index (κ2) is 3.14. The number of rotatable bonds is 0. The fourth-order valence-corrected chi connectivity index (χ4v) is 2.00. The van der Waals surface area contributed by atoms with Crippen molar-refractivity contribution in [1.82, 2.24) is 5.32 Å². The summed E-state index contributed by atoms with van der Waals surface area (Å²) >= 11 is 0. The molecule has 0 radical (unpaired) electrons. The number of hydrogen-bond donors (Lipinski definition) is 1. The van der Waals surface area contributed by atoms with Crippen LogP contribution in [0.2, 0.25) is 0 Å². The Bertz CT molecular complexity index is 129. The van der Waals surface area contributed by atoms with Crippen LogP contribution in [0.4, 0.5) is 0 Å². The zero-order valence-electron chi connectivity index (χ0n) is 8.28. The van der Waals surface area contributed by atoms with Crippen molar-refractivity contribution in [2.24, 2.45) is 11.8 Å². The highest BCUT2D eigenvalue weighted by Crippen LogP contribution is 2.27. The van der Waals surface area contributed by atoms with Crippen LogP contribution < -0.4 is 5.32 Å². The molecule has 11 heavy (non-hydrogen) atoms. The summed E-state index contributed by atoms with van der Waals surface area (Å²) in [6.07, 6.45) is 2.65. The average molecular weight is 155 g/mol. The Hall–Kier alpha value is -0.0400. The Morgan fingerprint density at radius 2 is 1.82 bits per heavy atom. The summed E-state index contributed by atoms with van der Waals surface area (Å²) in [6, 6.07) is 0. The molecule has 2 atom stereocenters. The minimum Gasteiger partial charge on any atom is -0.312 e. The van der Waals surface area contributed by atoms with Gasteiger partial charge in [0.25, 0.3) is 0 Å². The lowest BCUT2D eigenvalue weighted by molar-refractivity contribution is 0.305. The molecule has 2 unspecified atom stereocenters. The summed E-state index contributed by atoms with van der Waals surface area (Å²) < 4.78 is 0. The standard InChI is InChI=1S/C10H21N/c1-8-5-6-11-10(3,4)7-9(8)2/h8-9,11H,5-7H2,1-4H3. The first-order valence-corrected chi connectivity index (χ1v) is 4.76. The molecule has 1 N–H and O–H groups in total. The van der Waals surface area contributed by atoms with Crippen LogP contribution in [0, 0.1) is 11.8 Å². The molecule has 0 amide bonds. The molecule has 0 aliphatic carbocycles. The van der Waals surface area contributed by atoms with E-state index in [1.165, 1.54) is 19.4 Å². The molecular formula is C10H21N. The fraction of sp³-hybridized carbons (Fsp3) is 1.00. The molecular weight excluding hydrogens is 134 g/mol. The average Bonchev–Trinajstić information content (AvgIpc) is 1.93. The van der Waals surface area contributed by atoms with Crippen molar-refractivity contribution in [2.45, 2.75) is 46.1 Å². The molecule has 1 aliphatic rings. The van der Waals surface area contributed by atoms with Gasteiger partial charge in [0, 0.05) is 5.54 Å². The Morgan fingerprint density at radius 1 is 1.18 bits per heavy atom. The third-order valence-electron chi connectivity index (χ3n) is 3.01. The van der Waals surface area contributed by atoms with Gasteiger partial charge in [-0.2, -0.15) is 0 Å². The second-order valence-electron chi connectivity index (χ2n) is 4.76. The maximum absolute atomic E-state index is 3.58. The molecule has 0 saturated carbocycles. The smallest absolute Gasteiger partial charge is 0.0127 e. The Labute approximate surface area is 70.6 Å². The molecule has 0 aromatic carbocycles. The van der Waals surface area contributed by atoms with E-state index in [4.69, 9.17) is 0 Å². The minimum atomic E-state index is 0.365. The minimum absolute atomic E-state index is 0.365. The SMILES string of the molecule is CC1CCNC(C)(C)CC1C. The molecule has 1 rings (SSSR count). The summed E-state index contributed by atoms with van der Waals surface area (Å²) in [7, 11) is 0. The first-order chi connectivity index (χ1) is 5.01. The monoisotopic (exact) mass is 155 g/mol. The summed E-state index contributed by atoms with van der Waals surface area (Å²) in [5.74, 6) is 1.77. The molecule has 0 aromatic heterocycles. The molecule has 1 heterocycles. The lowest BCUT2D eigenvalue weighted by Gasteiger charge is -2.26. The zero-order chi connectivity index (χ0) is 8.48. The maximum Gasteiger partial charge on any atom is 0.0127 e. The summed E-state index contributed by atoms with van der Waals surface area (Å²) in [6.45, 7) is 10.6. The first-order valence-electron chi connectivity index (χ1n) is 4.76. The van der Waals surface area contributed by atoms with Crippen molar-refractivity contribution in [3.8, 4) is 0 Å². The number of hydrogen-bond acceptors (Lipinski definition) is 1. The first kappa shape index (κ1) is 9.05. The van der Waals surface area contributed by atoms with Gasteiger partial charge in [-0.05, 0) is 45.1 Å². The van der Waals surface area contributed by atoms with Crippen LogP contribution in [0.15, 0.2) is 0 Å². The number of nitrogens with one attached hydrogen (secondary N) is 1. The molecule has 0 spiro atoms. The Morgan fingerprint density at radius 3 is 2.45 bits per heavy atom. The van der Waals surface area contributed by atoms with Crippen LogP contribution in [0.3, 0.4) is 0 Å². The van der Waals surface area contributed by atoms with Gasteiger partial charge in [-0.15, -0.1) is 0 Å². The van der Waals surface area contributed by atoms with Gasteiger partial charge in [-0.25, -0.2) is 0 Å². The van der Waals surface area contributed by atoms with E-state index in [0.29, 0.717) is 5.54 Å². The van der Waals surface area contributed by atoms with E-state index in [2.05, 4.69) is 33.0 Å². The van der Waals surface area contributed by atoms with E-state index < -0.39 is 0 Å². The fourth-order valence-electron chi connectivity index (χ4n) is 2.00. The lowest BCUT2D eigenvalue weighted by atomic mass is 9.85. The van der Waals surface area contributed by atoms with Crippen molar-refractivity contribution >= 4 is 0 Å². The van der Waals surface area contributed by atoms with Crippen LogP contribution in [-0.4, -0.2) is 12.1 Å². The molecule has 1 saturated heterocycles. The van der Waals surface area contributed by atoms with Gasteiger partial charge in [0.2, 0.25) is 0 Å². The van der Waals surface area contributed by atoms with E-state index in [1.807, 2.05) is 0 Å². The molecule has 1 heteroatoms. The van der Waals surface area contributed by atoms with Crippen molar-refractivity contribution in [3.05, 3.63) is 0 Å². The lowest BCUT2D eigenvalue weighted by Crippen LogP contribution is -2.39. The molecule has 1 nitrogen and oxygen atoms in total. The third-order valence-corrected chi connectivity index (χ3v) is 3.01. The van der Waals surface area contributed by atoms with Gasteiger partial charge in [-0.3, -0.25) is 0 Å². The van der Waals surface area contributed by atoms with Crippen LogP contribution in [0.25, 0.3) is 0 Å². The predicted octanol–water partition coefficient (Wildman–Crippen LogP) is 2.42. The van der Waals surface area contributed by atoms with Crippen molar-refractivity contribution < 1.29 is 0 Å². The second-order valence-corrected chi connectivity index (χ2v) is 4.76. The van der Waals surface area contributed by atoms with Crippen molar-refractivity contribution in [3.63, 3.8) is 0 Å². The van der Waals surface area contributed by atoms with Crippen LogP contribution in [-0.2, 0) is 0 Å². The quantitative estimate of drug-likeness (QED) is 0.566. The third kappa shape index (κ3) is 2.48. The molecule has 1 aliphatic heterocycles. The van der Waals surface area contributed by atoms with Crippen molar-refractivity contribution in [2.75, 3.05) is 6.54 Å². The topological polar surface area (TPSA) is 12.0 Å². The molecule has 0 aromatic rings. The largest absolute Gasteiger partial charge is 0.312 e. The summed E-state index contributed by atoms with van der Waals surface area (Å²) in [4.78, 5) is 0. The van der Waals surface area contributed by atoms with E-state index in [9.17, 15) is 0 Å². The summed E-state index contributed by atoms with van der Waals surface area (Å²) in [5.41, 5.74) is 0.365. The molecule has 66 valence electrons.